The molecule has 7 heteroatoms. The molecule has 0 spiro atoms. The molecule has 0 unspecified atom stereocenters. The average molecular weight is 279 g/mol. The third-order valence-electron chi connectivity index (χ3n) is 2.45. The number of aryl methyl sites for hydroxylation is 1. The molecule has 1 amide bonds. The van der Waals surface area contributed by atoms with Crippen molar-refractivity contribution in [2.45, 2.75) is 13.8 Å². The van der Waals surface area contributed by atoms with E-state index in [1.54, 1.807) is 0 Å². The Morgan fingerprint density at radius 2 is 2.11 bits per heavy atom. The van der Waals surface area contributed by atoms with Gasteiger partial charge in [-0.1, -0.05) is 23.9 Å². The van der Waals surface area contributed by atoms with E-state index in [2.05, 4.69) is 10.3 Å². The highest BCUT2D eigenvalue weighted by molar-refractivity contribution is 8.14. The van der Waals surface area contributed by atoms with Gasteiger partial charge in [-0.2, -0.15) is 4.99 Å². The van der Waals surface area contributed by atoms with E-state index in [0.29, 0.717) is 0 Å². The summed E-state index contributed by atoms with van der Waals surface area (Å²) in [6.45, 7) is 3.92. The van der Waals surface area contributed by atoms with Gasteiger partial charge in [0.15, 0.2) is 11.1 Å². The lowest BCUT2D eigenvalue weighted by Crippen LogP contribution is -2.24. The predicted molar refractivity (Wildman–Crippen MR) is 80.5 cm³/mol. The Labute approximate surface area is 116 Å². The van der Waals surface area contributed by atoms with E-state index in [-0.39, 0.29) is 22.8 Å². The monoisotopic (exact) mass is 279 g/mol. The van der Waals surface area contributed by atoms with Crippen LogP contribution in [0.15, 0.2) is 23.2 Å². The van der Waals surface area contributed by atoms with Crippen LogP contribution < -0.4 is 16.8 Å². The lowest BCUT2D eigenvalue weighted by molar-refractivity contribution is -0.113. The number of nitrogens with one attached hydrogen (secondary N) is 2. The number of benzene rings is 1. The molecule has 1 aromatic carbocycles. The van der Waals surface area contributed by atoms with E-state index in [1.807, 2.05) is 32.0 Å². The van der Waals surface area contributed by atoms with Gasteiger partial charge in [0.2, 0.25) is 5.91 Å². The number of rotatable bonds is 3. The Kier molecular flexibility index (Phi) is 5.37. The third-order valence-corrected chi connectivity index (χ3v) is 3.22. The molecular formula is C12H17N5OS. The molecule has 0 saturated heterocycles. The fourth-order valence-electron chi connectivity index (χ4n) is 1.36. The van der Waals surface area contributed by atoms with Crippen LogP contribution in [0, 0.1) is 19.3 Å². The SMILES string of the molecule is Cc1cccc(NC(=O)CSC(=N)N=C(N)N)c1C. The Balaban J connectivity index is 2.54. The first-order valence-electron chi connectivity index (χ1n) is 5.57. The van der Waals surface area contributed by atoms with E-state index in [0.717, 1.165) is 28.6 Å². The molecule has 0 aliphatic rings. The van der Waals surface area contributed by atoms with Crippen molar-refractivity contribution in [3.05, 3.63) is 29.3 Å². The van der Waals surface area contributed by atoms with Gasteiger partial charge in [0.05, 0.1) is 5.75 Å². The van der Waals surface area contributed by atoms with E-state index < -0.39 is 0 Å². The molecule has 6 N–H and O–H groups in total. The summed E-state index contributed by atoms with van der Waals surface area (Å²) in [4.78, 5) is 15.3. The Bertz CT molecular complexity index is 523. The van der Waals surface area contributed by atoms with Gasteiger partial charge in [0, 0.05) is 5.69 Å². The predicted octanol–water partition coefficient (Wildman–Crippen LogP) is 1.18. The van der Waals surface area contributed by atoms with E-state index in [1.165, 1.54) is 0 Å². The minimum absolute atomic E-state index is 0.0863. The van der Waals surface area contributed by atoms with Crippen molar-refractivity contribution in [3.8, 4) is 0 Å². The van der Waals surface area contributed by atoms with Crippen LogP contribution in [0.2, 0.25) is 0 Å². The standard InChI is InChI=1S/C12H17N5OS/c1-7-4-3-5-9(8(7)2)16-10(18)6-19-12(15)17-11(13)14/h3-5H,6H2,1-2H3,(H,16,18)(H5,13,14,15,17). The smallest absolute Gasteiger partial charge is 0.234 e. The van der Waals surface area contributed by atoms with Gasteiger partial charge in [-0.05, 0) is 31.0 Å². The number of aliphatic imine (C=N–C) groups is 1. The number of hydrogen-bond donors (Lipinski definition) is 4. The van der Waals surface area contributed by atoms with Crippen molar-refractivity contribution in [2.75, 3.05) is 11.1 Å². The molecule has 19 heavy (non-hydrogen) atoms. The van der Waals surface area contributed by atoms with Gasteiger partial charge < -0.3 is 16.8 Å². The number of guanidine groups is 1. The van der Waals surface area contributed by atoms with Crippen molar-refractivity contribution in [1.29, 1.82) is 5.41 Å². The van der Waals surface area contributed by atoms with Crippen LogP contribution in [-0.4, -0.2) is 22.8 Å². The van der Waals surface area contributed by atoms with Gasteiger partial charge in [-0.25, -0.2) is 0 Å². The lowest BCUT2D eigenvalue weighted by atomic mass is 10.1. The second-order valence-electron chi connectivity index (χ2n) is 3.93. The number of amidine groups is 1. The Hall–Kier alpha value is -2.02. The Morgan fingerprint density at radius 1 is 1.42 bits per heavy atom. The summed E-state index contributed by atoms with van der Waals surface area (Å²) < 4.78 is 0. The Morgan fingerprint density at radius 3 is 2.74 bits per heavy atom. The maximum Gasteiger partial charge on any atom is 0.234 e. The molecule has 0 radical (unpaired) electrons. The number of nitrogens with two attached hydrogens (primary N) is 2. The minimum atomic E-state index is -0.200. The molecule has 0 atom stereocenters. The van der Waals surface area contributed by atoms with Crippen LogP contribution >= 0.6 is 11.8 Å². The minimum Gasteiger partial charge on any atom is -0.370 e. The lowest BCUT2D eigenvalue weighted by Gasteiger charge is -2.09. The summed E-state index contributed by atoms with van der Waals surface area (Å²) in [5.41, 5.74) is 13.2. The van der Waals surface area contributed by atoms with Crippen LogP contribution in [0.4, 0.5) is 5.69 Å². The number of anilines is 1. The van der Waals surface area contributed by atoms with Gasteiger partial charge in [-0.15, -0.1) is 0 Å². The highest BCUT2D eigenvalue weighted by Gasteiger charge is 2.07. The molecule has 0 heterocycles. The van der Waals surface area contributed by atoms with Crippen LogP contribution in [0.5, 0.6) is 0 Å². The van der Waals surface area contributed by atoms with Gasteiger partial charge in [0.1, 0.15) is 0 Å². The van der Waals surface area contributed by atoms with E-state index in [4.69, 9.17) is 16.9 Å². The summed E-state index contributed by atoms with van der Waals surface area (Å²) in [5, 5.41) is 10.1. The maximum absolute atomic E-state index is 11.7. The van der Waals surface area contributed by atoms with E-state index in [9.17, 15) is 4.79 Å². The van der Waals surface area contributed by atoms with Crippen molar-refractivity contribution in [1.82, 2.24) is 0 Å². The molecule has 0 bridgehead atoms. The topological polar surface area (TPSA) is 117 Å². The summed E-state index contributed by atoms with van der Waals surface area (Å²) >= 11 is 0.966. The van der Waals surface area contributed by atoms with Gasteiger partial charge in [0.25, 0.3) is 0 Å². The zero-order chi connectivity index (χ0) is 14.4. The van der Waals surface area contributed by atoms with Crippen LogP contribution in [0.3, 0.4) is 0 Å². The van der Waals surface area contributed by atoms with Crippen LogP contribution in [-0.2, 0) is 4.79 Å². The number of amides is 1. The summed E-state index contributed by atoms with van der Waals surface area (Å²) in [6.07, 6.45) is 0. The number of carbonyl (C=O) groups is 1. The van der Waals surface area contributed by atoms with E-state index >= 15 is 0 Å². The molecule has 102 valence electrons. The normalized spacial score (nSPS) is 9.79. The highest BCUT2D eigenvalue weighted by Crippen LogP contribution is 2.18. The molecule has 1 aromatic rings. The van der Waals surface area contributed by atoms with Crippen molar-refractivity contribution >= 4 is 34.5 Å². The molecule has 0 fully saturated rings. The van der Waals surface area contributed by atoms with Crippen molar-refractivity contribution < 1.29 is 4.79 Å². The third kappa shape index (κ3) is 5.01. The summed E-state index contributed by atoms with van der Waals surface area (Å²) in [7, 11) is 0. The number of thioether (sulfide) groups is 1. The van der Waals surface area contributed by atoms with Crippen LogP contribution in [0.25, 0.3) is 0 Å². The summed E-state index contributed by atoms with van der Waals surface area (Å²) in [6, 6.07) is 5.70. The first-order valence-corrected chi connectivity index (χ1v) is 6.55. The zero-order valence-corrected chi connectivity index (χ0v) is 11.7. The average Bonchev–Trinajstić information content (AvgIpc) is 2.32. The zero-order valence-electron chi connectivity index (χ0n) is 10.9. The number of carbonyl (C=O) groups excluding carboxylic acids is 1. The molecule has 6 nitrogen and oxygen atoms in total. The fourth-order valence-corrected chi connectivity index (χ4v) is 1.87. The molecule has 0 aliphatic heterocycles. The maximum atomic E-state index is 11.7. The first-order chi connectivity index (χ1) is 8.90. The second kappa shape index (κ2) is 6.79. The molecule has 0 aromatic heterocycles. The largest absolute Gasteiger partial charge is 0.370 e. The highest BCUT2D eigenvalue weighted by atomic mass is 32.2. The first kappa shape index (κ1) is 15.0. The fraction of sp³-hybridized carbons (Fsp3) is 0.250. The number of hydrogen-bond acceptors (Lipinski definition) is 3. The molecular weight excluding hydrogens is 262 g/mol. The second-order valence-corrected chi connectivity index (χ2v) is 4.89. The van der Waals surface area contributed by atoms with Gasteiger partial charge in [-0.3, -0.25) is 10.2 Å². The van der Waals surface area contributed by atoms with Crippen molar-refractivity contribution in [3.63, 3.8) is 0 Å². The number of nitrogens with zero attached hydrogens (tertiary/aromatic N) is 1. The molecule has 0 aliphatic carbocycles. The molecule has 0 saturated carbocycles. The van der Waals surface area contributed by atoms with Crippen LogP contribution in [0.1, 0.15) is 11.1 Å². The molecule has 1 rings (SSSR count). The van der Waals surface area contributed by atoms with Crippen molar-refractivity contribution in [2.24, 2.45) is 16.5 Å². The quantitative estimate of drug-likeness (QED) is 0.491. The van der Waals surface area contributed by atoms with Gasteiger partial charge >= 0.3 is 0 Å². The summed E-state index contributed by atoms with van der Waals surface area (Å²) in [5.74, 6) is -0.301.